The van der Waals surface area contributed by atoms with Gasteiger partial charge in [-0.2, -0.15) is 0 Å². The van der Waals surface area contributed by atoms with E-state index in [2.05, 4.69) is 0 Å². The van der Waals surface area contributed by atoms with Gasteiger partial charge >= 0.3 is 0 Å². The van der Waals surface area contributed by atoms with E-state index in [1.54, 1.807) is 33.8 Å². The number of aliphatic hydroxyl groups is 3. The van der Waals surface area contributed by atoms with Crippen LogP contribution in [0.5, 0.6) is 23.0 Å². The van der Waals surface area contributed by atoms with E-state index in [-0.39, 0.29) is 70.6 Å². The van der Waals surface area contributed by atoms with E-state index in [1.807, 2.05) is 0 Å². The average Bonchev–Trinajstić information content (AvgIpc) is 2.82. The molecule has 0 aliphatic heterocycles. The average molecular weight is 531 g/mol. The van der Waals surface area contributed by atoms with E-state index in [4.69, 9.17) is 9.15 Å². The Bertz CT molecular complexity index is 1410. The fraction of sp³-hybridized carbons (Fsp3) is 0.483. The molecule has 0 saturated carbocycles. The van der Waals surface area contributed by atoms with Crippen molar-refractivity contribution in [3.8, 4) is 23.0 Å². The second-order valence-electron chi connectivity index (χ2n) is 10.9. The standard InChI is InChI=1S/C29H38O9/c1-16(15-30)7-8-17-20(31)14-22-23(24(17)32)25(33)19-13-21(37-5)18(26(34)27(19)38-22)9-12-29(4,36)11-6-10-28(2,3)35/h7,13-14,30-32,34-36H,6,8-12,15H2,1-5H3/t29-/m1/s1. The quantitative estimate of drug-likeness (QED) is 0.158. The topological polar surface area (TPSA) is 161 Å². The second kappa shape index (κ2) is 11.2. The number of allylic oxidation sites excluding steroid dienone is 1. The zero-order valence-corrected chi connectivity index (χ0v) is 22.6. The van der Waals surface area contributed by atoms with Crippen molar-refractivity contribution in [2.75, 3.05) is 13.7 Å². The summed E-state index contributed by atoms with van der Waals surface area (Å²) in [6.07, 6.45) is 3.80. The van der Waals surface area contributed by atoms with Gasteiger partial charge in [0.2, 0.25) is 5.43 Å². The lowest BCUT2D eigenvalue weighted by atomic mass is 9.89. The Hall–Kier alpha value is -3.27. The first-order valence-electron chi connectivity index (χ1n) is 12.6. The predicted molar refractivity (Wildman–Crippen MR) is 145 cm³/mol. The molecule has 0 aliphatic rings. The molecule has 1 atom stereocenters. The van der Waals surface area contributed by atoms with Crippen molar-refractivity contribution >= 4 is 21.9 Å². The molecule has 0 radical (unpaired) electrons. The maximum atomic E-state index is 13.4. The first-order chi connectivity index (χ1) is 17.7. The molecule has 6 N–H and O–H groups in total. The summed E-state index contributed by atoms with van der Waals surface area (Å²) >= 11 is 0. The van der Waals surface area contributed by atoms with Crippen LogP contribution in [0.25, 0.3) is 21.9 Å². The molecule has 0 fully saturated rings. The van der Waals surface area contributed by atoms with Crippen molar-refractivity contribution in [1.82, 2.24) is 0 Å². The Morgan fingerprint density at radius 3 is 2.32 bits per heavy atom. The molecule has 0 spiro atoms. The zero-order chi connectivity index (χ0) is 28.4. The van der Waals surface area contributed by atoms with Gasteiger partial charge in [0.05, 0.1) is 30.3 Å². The summed E-state index contributed by atoms with van der Waals surface area (Å²) in [6, 6.07) is 2.64. The summed E-state index contributed by atoms with van der Waals surface area (Å²) in [4.78, 5) is 13.4. The van der Waals surface area contributed by atoms with E-state index < -0.39 is 22.4 Å². The number of hydrogen-bond donors (Lipinski definition) is 6. The lowest BCUT2D eigenvalue weighted by molar-refractivity contribution is 0.0240. The predicted octanol–water partition coefficient (Wildman–Crippen LogP) is 4.18. The Morgan fingerprint density at radius 1 is 1.03 bits per heavy atom. The minimum Gasteiger partial charge on any atom is -0.507 e. The number of ether oxygens (including phenoxy) is 1. The molecule has 0 unspecified atom stereocenters. The Balaban J connectivity index is 2.05. The van der Waals surface area contributed by atoms with Crippen LogP contribution in [0, 0.1) is 0 Å². The molecule has 0 amide bonds. The van der Waals surface area contributed by atoms with Gasteiger partial charge in [-0.05, 0) is 72.3 Å². The monoisotopic (exact) mass is 530 g/mol. The number of aliphatic hydroxyl groups excluding tert-OH is 1. The van der Waals surface area contributed by atoms with Crippen molar-refractivity contribution in [2.24, 2.45) is 0 Å². The zero-order valence-electron chi connectivity index (χ0n) is 22.6. The number of hydrogen-bond acceptors (Lipinski definition) is 9. The highest BCUT2D eigenvalue weighted by molar-refractivity contribution is 5.97. The molecule has 38 heavy (non-hydrogen) atoms. The molecule has 9 heteroatoms. The number of phenols is 3. The van der Waals surface area contributed by atoms with Gasteiger partial charge in [-0.3, -0.25) is 4.79 Å². The fourth-order valence-corrected chi connectivity index (χ4v) is 4.54. The molecule has 2 aromatic carbocycles. The van der Waals surface area contributed by atoms with Crippen molar-refractivity contribution < 1.29 is 39.8 Å². The van der Waals surface area contributed by atoms with E-state index in [9.17, 15) is 35.4 Å². The summed E-state index contributed by atoms with van der Waals surface area (Å²) in [5.41, 5.74) is -1.64. The number of fused-ring (bicyclic) bond motifs is 2. The van der Waals surface area contributed by atoms with Gasteiger partial charge in [0.25, 0.3) is 0 Å². The van der Waals surface area contributed by atoms with Crippen LogP contribution < -0.4 is 10.2 Å². The van der Waals surface area contributed by atoms with Crippen LogP contribution in [-0.2, 0) is 12.8 Å². The first-order valence-corrected chi connectivity index (χ1v) is 12.6. The van der Waals surface area contributed by atoms with Gasteiger partial charge in [-0.15, -0.1) is 0 Å². The number of phenolic OH excluding ortho intramolecular Hbond substituents is 3. The molecule has 0 saturated heterocycles. The third-order valence-electron chi connectivity index (χ3n) is 6.89. The maximum Gasteiger partial charge on any atom is 0.204 e. The van der Waals surface area contributed by atoms with Crippen LogP contribution in [0.3, 0.4) is 0 Å². The van der Waals surface area contributed by atoms with Crippen LogP contribution in [0.1, 0.15) is 64.5 Å². The lowest BCUT2D eigenvalue weighted by Crippen LogP contribution is -2.27. The van der Waals surface area contributed by atoms with Gasteiger partial charge in [0.15, 0.2) is 11.3 Å². The smallest absolute Gasteiger partial charge is 0.204 e. The lowest BCUT2D eigenvalue weighted by Gasteiger charge is -2.26. The van der Waals surface area contributed by atoms with E-state index >= 15 is 0 Å². The van der Waals surface area contributed by atoms with Crippen LogP contribution in [0.2, 0.25) is 0 Å². The Morgan fingerprint density at radius 2 is 1.71 bits per heavy atom. The molecule has 1 heterocycles. The van der Waals surface area contributed by atoms with Gasteiger partial charge in [0.1, 0.15) is 28.2 Å². The highest BCUT2D eigenvalue weighted by Crippen LogP contribution is 2.41. The highest BCUT2D eigenvalue weighted by atomic mass is 16.5. The SMILES string of the molecule is COc1cc2c(=O)c3c(O)c(CC=C(C)CO)c(O)cc3oc2c(O)c1CC[C@](C)(O)CCCC(C)(C)O. The third kappa shape index (κ3) is 6.40. The molecule has 208 valence electrons. The molecular formula is C29H38O9. The van der Waals surface area contributed by atoms with Crippen molar-refractivity contribution in [1.29, 1.82) is 0 Å². The second-order valence-corrected chi connectivity index (χ2v) is 10.9. The summed E-state index contributed by atoms with van der Waals surface area (Å²) in [5.74, 6) is -0.832. The summed E-state index contributed by atoms with van der Waals surface area (Å²) in [7, 11) is 1.40. The molecule has 3 aromatic rings. The molecule has 1 aromatic heterocycles. The van der Waals surface area contributed by atoms with Gasteiger partial charge < -0.3 is 39.8 Å². The molecule has 3 rings (SSSR count). The van der Waals surface area contributed by atoms with E-state index in [0.717, 1.165) is 0 Å². The number of methoxy groups -OCH3 is 1. The van der Waals surface area contributed by atoms with Crippen LogP contribution in [-0.4, -0.2) is 55.6 Å². The molecular weight excluding hydrogens is 492 g/mol. The number of rotatable bonds is 11. The van der Waals surface area contributed by atoms with Gasteiger partial charge in [-0.1, -0.05) is 11.6 Å². The molecule has 9 nitrogen and oxygen atoms in total. The van der Waals surface area contributed by atoms with Crippen LogP contribution in [0.15, 0.2) is 33.0 Å². The minimum atomic E-state index is -1.07. The number of benzene rings is 2. The Labute approximate surface area is 221 Å². The van der Waals surface area contributed by atoms with Crippen molar-refractivity contribution in [2.45, 2.75) is 77.4 Å². The van der Waals surface area contributed by atoms with Crippen molar-refractivity contribution in [3.63, 3.8) is 0 Å². The van der Waals surface area contributed by atoms with E-state index in [0.29, 0.717) is 30.4 Å². The normalized spacial score (nSPS) is 14.3. The summed E-state index contributed by atoms with van der Waals surface area (Å²) in [6.45, 7) is 6.63. The maximum absolute atomic E-state index is 13.4. The first kappa shape index (κ1) is 29.3. The summed E-state index contributed by atoms with van der Waals surface area (Å²) < 4.78 is 11.3. The van der Waals surface area contributed by atoms with Gasteiger partial charge in [0, 0.05) is 17.2 Å². The van der Waals surface area contributed by atoms with Crippen LogP contribution in [0.4, 0.5) is 0 Å². The van der Waals surface area contributed by atoms with Crippen molar-refractivity contribution in [3.05, 3.63) is 45.1 Å². The Kier molecular flexibility index (Phi) is 8.65. The molecule has 0 bridgehead atoms. The summed E-state index contributed by atoms with van der Waals surface area (Å²) in [5, 5.41) is 62.3. The largest absolute Gasteiger partial charge is 0.507 e. The van der Waals surface area contributed by atoms with E-state index in [1.165, 1.54) is 19.2 Å². The number of aromatic hydroxyl groups is 3. The highest BCUT2D eigenvalue weighted by Gasteiger charge is 2.26. The third-order valence-corrected chi connectivity index (χ3v) is 6.89. The van der Waals surface area contributed by atoms with Gasteiger partial charge in [-0.25, -0.2) is 0 Å². The molecule has 0 aliphatic carbocycles. The van der Waals surface area contributed by atoms with Crippen LogP contribution >= 0.6 is 0 Å². The minimum absolute atomic E-state index is 0.0124. The fourth-order valence-electron chi connectivity index (χ4n) is 4.54.